The van der Waals surface area contributed by atoms with Crippen molar-refractivity contribution < 1.29 is 14.3 Å². The van der Waals surface area contributed by atoms with Crippen LogP contribution in [0.4, 0.5) is 0 Å². The first-order valence-electron chi connectivity index (χ1n) is 7.97. The third-order valence-electron chi connectivity index (χ3n) is 3.55. The summed E-state index contributed by atoms with van der Waals surface area (Å²) in [6.45, 7) is 2.23. The van der Waals surface area contributed by atoms with E-state index in [9.17, 15) is 9.59 Å². The number of amides is 1. The molecule has 0 fully saturated rings. The Kier molecular flexibility index (Phi) is 5.70. The van der Waals surface area contributed by atoms with Gasteiger partial charge in [-0.15, -0.1) is 11.3 Å². The molecule has 0 aliphatic heterocycles. The van der Waals surface area contributed by atoms with E-state index in [1.54, 1.807) is 12.1 Å². The monoisotopic (exact) mass is 367 g/mol. The van der Waals surface area contributed by atoms with Crippen LogP contribution in [0.3, 0.4) is 0 Å². The van der Waals surface area contributed by atoms with Gasteiger partial charge in [0.2, 0.25) is 0 Å². The predicted molar refractivity (Wildman–Crippen MR) is 97.7 cm³/mol. The molecule has 7 heteroatoms. The number of nitrogens with zero attached hydrogens (tertiary/aromatic N) is 3. The summed E-state index contributed by atoms with van der Waals surface area (Å²) in [5.74, 6) is -1.16. The average molecular weight is 367 g/mol. The largest absolute Gasteiger partial charge is 0.451 e. The van der Waals surface area contributed by atoms with E-state index in [1.807, 2.05) is 47.3 Å². The maximum Gasteiger partial charge on any atom is 0.357 e. The highest BCUT2D eigenvalue weighted by atomic mass is 32.1. The van der Waals surface area contributed by atoms with E-state index < -0.39 is 18.5 Å². The molecule has 1 amide bonds. The molecular formula is C19H17N3O3S. The second-order valence-corrected chi connectivity index (χ2v) is 6.47. The Bertz CT molecular complexity index is 959. The van der Waals surface area contributed by atoms with Crippen molar-refractivity contribution in [3.8, 4) is 0 Å². The molecule has 2 heterocycles. The SMILES string of the molecule is Cc1ccc(Cn2ccsc2=NC(=O)COC(=O)c2ccccn2)cc1. The minimum atomic E-state index is -0.645. The average Bonchev–Trinajstić information content (AvgIpc) is 3.09. The number of esters is 1. The van der Waals surface area contributed by atoms with Crippen molar-refractivity contribution in [2.45, 2.75) is 13.5 Å². The number of hydrogen-bond donors (Lipinski definition) is 0. The fraction of sp³-hybridized carbons (Fsp3) is 0.158. The van der Waals surface area contributed by atoms with Gasteiger partial charge in [-0.1, -0.05) is 35.9 Å². The molecule has 132 valence electrons. The molecule has 0 atom stereocenters. The van der Waals surface area contributed by atoms with Crippen LogP contribution in [0.1, 0.15) is 21.6 Å². The van der Waals surface area contributed by atoms with Crippen LogP contribution >= 0.6 is 11.3 Å². The van der Waals surface area contributed by atoms with Crippen molar-refractivity contribution in [2.24, 2.45) is 4.99 Å². The summed E-state index contributed by atoms with van der Waals surface area (Å²) >= 11 is 1.35. The number of pyridine rings is 1. The lowest BCUT2D eigenvalue weighted by molar-refractivity contribution is -0.121. The minimum absolute atomic E-state index is 0.158. The third-order valence-corrected chi connectivity index (χ3v) is 4.35. The van der Waals surface area contributed by atoms with E-state index in [0.717, 1.165) is 5.56 Å². The number of aromatic nitrogens is 2. The molecule has 6 nitrogen and oxygen atoms in total. The maximum atomic E-state index is 12.0. The highest BCUT2D eigenvalue weighted by Crippen LogP contribution is 2.05. The summed E-state index contributed by atoms with van der Waals surface area (Å²) in [5.41, 5.74) is 2.47. The molecule has 1 aromatic carbocycles. The van der Waals surface area contributed by atoms with Crippen LogP contribution < -0.4 is 4.80 Å². The van der Waals surface area contributed by atoms with Gasteiger partial charge in [0.05, 0.1) is 0 Å². The maximum absolute atomic E-state index is 12.0. The van der Waals surface area contributed by atoms with Gasteiger partial charge in [-0.05, 0) is 24.6 Å². The molecule has 0 saturated carbocycles. The molecule has 26 heavy (non-hydrogen) atoms. The van der Waals surface area contributed by atoms with Gasteiger partial charge in [0.15, 0.2) is 11.4 Å². The van der Waals surface area contributed by atoms with Crippen LogP contribution in [0, 0.1) is 6.92 Å². The van der Waals surface area contributed by atoms with Gasteiger partial charge in [-0.25, -0.2) is 9.78 Å². The van der Waals surface area contributed by atoms with Gasteiger partial charge in [0.1, 0.15) is 5.69 Å². The lowest BCUT2D eigenvalue weighted by atomic mass is 10.1. The Morgan fingerprint density at radius 3 is 2.73 bits per heavy atom. The van der Waals surface area contributed by atoms with Crippen molar-refractivity contribution in [2.75, 3.05) is 6.61 Å². The van der Waals surface area contributed by atoms with Crippen molar-refractivity contribution in [1.82, 2.24) is 9.55 Å². The van der Waals surface area contributed by atoms with E-state index >= 15 is 0 Å². The number of carbonyl (C=O) groups excluding carboxylic acids is 2. The summed E-state index contributed by atoms with van der Waals surface area (Å²) in [5, 5.41) is 1.86. The Labute approximate surface area is 154 Å². The summed E-state index contributed by atoms with van der Waals surface area (Å²) in [6.07, 6.45) is 3.36. The number of carbonyl (C=O) groups is 2. The second-order valence-electron chi connectivity index (χ2n) is 5.60. The predicted octanol–water partition coefficient (Wildman–Crippen LogP) is 2.59. The second kappa shape index (κ2) is 8.35. The first-order valence-corrected chi connectivity index (χ1v) is 8.85. The molecule has 0 aliphatic rings. The Morgan fingerprint density at radius 2 is 2.00 bits per heavy atom. The molecule has 0 bridgehead atoms. The van der Waals surface area contributed by atoms with Crippen molar-refractivity contribution in [3.05, 3.63) is 81.9 Å². The van der Waals surface area contributed by atoms with E-state index in [1.165, 1.54) is 29.2 Å². The van der Waals surface area contributed by atoms with E-state index in [-0.39, 0.29) is 5.69 Å². The first-order chi connectivity index (χ1) is 12.6. The smallest absolute Gasteiger partial charge is 0.357 e. The van der Waals surface area contributed by atoms with Crippen LogP contribution in [0.15, 0.2) is 65.2 Å². The number of benzene rings is 1. The van der Waals surface area contributed by atoms with Crippen LogP contribution in [-0.4, -0.2) is 28.0 Å². The molecule has 0 N–H and O–H groups in total. The molecule has 0 saturated heterocycles. The fourth-order valence-corrected chi connectivity index (χ4v) is 2.97. The lowest BCUT2D eigenvalue weighted by Crippen LogP contribution is -2.20. The van der Waals surface area contributed by atoms with Crippen LogP contribution in [0.5, 0.6) is 0 Å². The fourth-order valence-electron chi connectivity index (χ4n) is 2.22. The van der Waals surface area contributed by atoms with Crippen LogP contribution in [-0.2, 0) is 16.1 Å². The number of aryl methyl sites for hydroxylation is 1. The molecule has 0 aliphatic carbocycles. The van der Waals surface area contributed by atoms with Crippen molar-refractivity contribution in [3.63, 3.8) is 0 Å². The normalized spacial score (nSPS) is 11.3. The van der Waals surface area contributed by atoms with Crippen LogP contribution in [0.25, 0.3) is 0 Å². The quantitative estimate of drug-likeness (QED) is 0.650. The molecule has 0 radical (unpaired) electrons. The van der Waals surface area contributed by atoms with Gasteiger partial charge in [-0.2, -0.15) is 4.99 Å². The van der Waals surface area contributed by atoms with E-state index in [4.69, 9.17) is 4.74 Å². The summed E-state index contributed by atoms with van der Waals surface area (Å²) in [4.78, 5) is 32.3. The highest BCUT2D eigenvalue weighted by Gasteiger charge is 2.10. The number of thiazole rings is 1. The first kappa shape index (κ1) is 17.8. The molecular weight excluding hydrogens is 350 g/mol. The molecule has 0 unspecified atom stereocenters. The molecule has 3 rings (SSSR count). The highest BCUT2D eigenvalue weighted by molar-refractivity contribution is 7.07. The zero-order chi connectivity index (χ0) is 18.4. The third kappa shape index (κ3) is 4.73. The Balaban J connectivity index is 1.64. The van der Waals surface area contributed by atoms with E-state index in [2.05, 4.69) is 9.98 Å². The summed E-state index contributed by atoms with van der Waals surface area (Å²) < 4.78 is 6.84. The standard InChI is InChI=1S/C19H17N3O3S/c1-14-5-7-15(8-6-14)12-22-10-11-26-19(22)21-17(23)13-25-18(24)16-4-2-3-9-20-16/h2-11H,12-13H2,1H3. The van der Waals surface area contributed by atoms with Gasteiger partial charge in [-0.3, -0.25) is 4.79 Å². The Morgan fingerprint density at radius 1 is 1.19 bits per heavy atom. The summed E-state index contributed by atoms with van der Waals surface area (Å²) in [6, 6.07) is 13.1. The van der Waals surface area contributed by atoms with Crippen molar-refractivity contribution in [1.29, 1.82) is 0 Å². The number of rotatable bonds is 5. The topological polar surface area (TPSA) is 73.6 Å². The van der Waals surface area contributed by atoms with Gasteiger partial charge in [0.25, 0.3) is 5.91 Å². The van der Waals surface area contributed by atoms with Gasteiger partial charge in [0, 0.05) is 24.3 Å². The van der Waals surface area contributed by atoms with E-state index in [0.29, 0.717) is 11.3 Å². The lowest BCUT2D eigenvalue weighted by Gasteiger charge is -2.04. The number of ether oxygens (including phenoxy) is 1. The number of hydrogen-bond acceptors (Lipinski definition) is 5. The Hall–Kier alpha value is -3.06. The van der Waals surface area contributed by atoms with Gasteiger partial charge >= 0.3 is 5.97 Å². The zero-order valence-corrected chi connectivity index (χ0v) is 15.0. The molecule has 3 aromatic rings. The van der Waals surface area contributed by atoms with Crippen LogP contribution in [0.2, 0.25) is 0 Å². The zero-order valence-electron chi connectivity index (χ0n) is 14.2. The minimum Gasteiger partial charge on any atom is -0.451 e. The van der Waals surface area contributed by atoms with Crippen molar-refractivity contribution >= 4 is 23.2 Å². The molecule has 2 aromatic heterocycles. The molecule has 0 spiro atoms. The van der Waals surface area contributed by atoms with Gasteiger partial charge < -0.3 is 9.30 Å². The summed E-state index contributed by atoms with van der Waals surface area (Å²) in [7, 11) is 0.